The second kappa shape index (κ2) is 6.91. The maximum absolute atomic E-state index is 6.07. The third kappa shape index (κ3) is 3.94. The van der Waals surface area contributed by atoms with E-state index in [2.05, 4.69) is 32.5 Å². The van der Waals surface area contributed by atoms with Crippen LogP contribution in [0.2, 0.25) is 5.02 Å². The fourth-order valence-electron chi connectivity index (χ4n) is 2.49. The first-order chi connectivity index (χ1) is 9.20. The number of aromatic nitrogens is 2. The molecule has 19 heavy (non-hydrogen) atoms. The Morgan fingerprint density at radius 3 is 2.84 bits per heavy atom. The Labute approximate surface area is 119 Å². The zero-order chi connectivity index (χ0) is 13.7. The van der Waals surface area contributed by atoms with Gasteiger partial charge in [-0.15, -0.1) is 0 Å². The molecule has 1 fully saturated rings. The van der Waals surface area contributed by atoms with E-state index in [1.807, 2.05) is 0 Å². The second-order valence-electron chi connectivity index (χ2n) is 4.99. The molecule has 2 rings (SSSR count). The van der Waals surface area contributed by atoms with Gasteiger partial charge in [0, 0.05) is 26.2 Å². The maximum atomic E-state index is 6.07. The molecule has 1 aliphatic carbocycles. The van der Waals surface area contributed by atoms with Crippen molar-refractivity contribution in [1.29, 1.82) is 0 Å². The van der Waals surface area contributed by atoms with Crippen LogP contribution in [0, 0.1) is 0 Å². The Balaban J connectivity index is 1.81. The summed E-state index contributed by atoms with van der Waals surface area (Å²) in [4.78, 5) is 10.8. The third-order valence-electron chi connectivity index (χ3n) is 3.67. The molecule has 0 bridgehead atoms. The number of rotatable bonds is 6. The van der Waals surface area contributed by atoms with Gasteiger partial charge in [-0.1, -0.05) is 24.4 Å². The van der Waals surface area contributed by atoms with E-state index >= 15 is 0 Å². The number of anilines is 2. The highest BCUT2D eigenvalue weighted by atomic mass is 35.5. The molecule has 0 unspecified atom stereocenters. The minimum absolute atomic E-state index is 0.558. The van der Waals surface area contributed by atoms with Crippen molar-refractivity contribution in [2.75, 3.05) is 37.8 Å². The van der Waals surface area contributed by atoms with E-state index in [1.165, 1.54) is 25.7 Å². The molecule has 0 amide bonds. The Morgan fingerprint density at radius 1 is 1.42 bits per heavy atom. The van der Waals surface area contributed by atoms with E-state index in [-0.39, 0.29) is 0 Å². The summed E-state index contributed by atoms with van der Waals surface area (Å²) in [6.07, 6.45) is 7.00. The summed E-state index contributed by atoms with van der Waals surface area (Å²) >= 11 is 6.07. The number of halogens is 1. The van der Waals surface area contributed by atoms with Gasteiger partial charge in [0.15, 0.2) is 5.82 Å². The predicted octanol–water partition coefficient (Wildman–Crippen LogP) is 2.46. The monoisotopic (exact) mass is 283 g/mol. The molecule has 0 spiro atoms. The van der Waals surface area contributed by atoms with Crippen LogP contribution in [0.25, 0.3) is 0 Å². The number of hydrogen-bond donors (Lipinski definition) is 2. The van der Waals surface area contributed by atoms with Crippen LogP contribution in [0.1, 0.15) is 25.7 Å². The van der Waals surface area contributed by atoms with Gasteiger partial charge in [0.05, 0.1) is 6.20 Å². The molecule has 0 saturated heterocycles. The summed E-state index contributed by atoms with van der Waals surface area (Å²) in [5, 5.41) is 6.74. The van der Waals surface area contributed by atoms with E-state index in [4.69, 9.17) is 11.6 Å². The molecular weight excluding hydrogens is 262 g/mol. The van der Waals surface area contributed by atoms with Gasteiger partial charge in [0.2, 0.25) is 5.95 Å². The molecule has 1 saturated carbocycles. The standard InChI is InChI=1S/C13H22ClN5/c1-15-13-17-9-11(14)12(18-13)16-7-8-19(2)10-5-3-4-6-10/h9-10H,3-8H2,1-2H3,(H2,15,16,17,18). The quantitative estimate of drug-likeness (QED) is 0.840. The van der Waals surface area contributed by atoms with E-state index in [0.29, 0.717) is 16.8 Å². The van der Waals surface area contributed by atoms with E-state index in [0.717, 1.165) is 19.1 Å². The van der Waals surface area contributed by atoms with Crippen LogP contribution in [0.4, 0.5) is 11.8 Å². The highest BCUT2D eigenvalue weighted by Gasteiger charge is 2.18. The van der Waals surface area contributed by atoms with Crippen LogP contribution < -0.4 is 10.6 Å². The summed E-state index contributed by atoms with van der Waals surface area (Å²) in [5.74, 6) is 1.27. The lowest BCUT2D eigenvalue weighted by Gasteiger charge is -2.24. The summed E-state index contributed by atoms with van der Waals surface area (Å²) in [7, 11) is 3.99. The van der Waals surface area contributed by atoms with Gasteiger partial charge >= 0.3 is 0 Å². The Morgan fingerprint density at radius 2 is 2.16 bits per heavy atom. The van der Waals surface area contributed by atoms with E-state index < -0.39 is 0 Å². The number of hydrogen-bond acceptors (Lipinski definition) is 5. The molecular formula is C13H22ClN5. The maximum Gasteiger partial charge on any atom is 0.224 e. The predicted molar refractivity (Wildman–Crippen MR) is 80.0 cm³/mol. The van der Waals surface area contributed by atoms with Crippen molar-refractivity contribution in [3.63, 3.8) is 0 Å². The first-order valence-corrected chi connectivity index (χ1v) is 7.23. The van der Waals surface area contributed by atoms with Crippen molar-refractivity contribution in [1.82, 2.24) is 14.9 Å². The van der Waals surface area contributed by atoms with E-state index in [9.17, 15) is 0 Å². The molecule has 0 aliphatic heterocycles. The third-order valence-corrected chi connectivity index (χ3v) is 3.95. The minimum atomic E-state index is 0.558. The van der Waals surface area contributed by atoms with Crippen LogP contribution in [0.3, 0.4) is 0 Å². The molecule has 0 radical (unpaired) electrons. The van der Waals surface area contributed by atoms with Gasteiger partial charge in [0.25, 0.3) is 0 Å². The Bertz CT molecular complexity index is 406. The summed E-state index contributed by atoms with van der Waals surface area (Å²) in [6.45, 7) is 1.84. The van der Waals surface area contributed by atoms with Gasteiger partial charge in [-0.3, -0.25) is 0 Å². The first-order valence-electron chi connectivity index (χ1n) is 6.85. The van der Waals surface area contributed by atoms with Gasteiger partial charge in [-0.2, -0.15) is 4.98 Å². The van der Waals surface area contributed by atoms with E-state index in [1.54, 1.807) is 13.2 Å². The largest absolute Gasteiger partial charge is 0.367 e. The molecule has 6 heteroatoms. The summed E-state index contributed by atoms with van der Waals surface area (Å²) in [5.41, 5.74) is 0. The minimum Gasteiger partial charge on any atom is -0.367 e. The fourth-order valence-corrected chi connectivity index (χ4v) is 2.65. The summed E-state index contributed by atoms with van der Waals surface area (Å²) < 4.78 is 0. The van der Waals surface area contributed by atoms with Crippen molar-refractivity contribution in [3.05, 3.63) is 11.2 Å². The van der Waals surface area contributed by atoms with Crippen molar-refractivity contribution >= 4 is 23.4 Å². The fraction of sp³-hybridized carbons (Fsp3) is 0.692. The number of likely N-dealkylation sites (N-methyl/N-ethyl adjacent to an activating group) is 1. The zero-order valence-electron chi connectivity index (χ0n) is 11.6. The van der Waals surface area contributed by atoms with Crippen LogP contribution in [0.5, 0.6) is 0 Å². The van der Waals surface area contributed by atoms with Crippen LogP contribution in [-0.4, -0.2) is 48.1 Å². The molecule has 1 heterocycles. The SMILES string of the molecule is CNc1ncc(Cl)c(NCCN(C)C2CCCC2)n1. The van der Waals surface area contributed by atoms with Gasteiger partial charge in [0.1, 0.15) is 5.02 Å². The van der Waals surface area contributed by atoms with Crippen LogP contribution in [0.15, 0.2) is 6.20 Å². The van der Waals surface area contributed by atoms with Crippen LogP contribution >= 0.6 is 11.6 Å². The van der Waals surface area contributed by atoms with Crippen molar-refractivity contribution in [3.8, 4) is 0 Å². The van der Waals surface area contributed by atoms with Crippen LogP contribution in [-0.2, 0) is 0 Å². The Hall–Kier alpha value is -1.07. The van der Waals surface area contributed by atoms with Gasteiger partial charge in [-0.05, 0) is 19.9 Å². The van der Waals surface area contributed by atoms with Gasteiger partial charge < -0.3 is 15.5 Å². The summed E-state index contributed by atoms with van der Waals surface area (Å²) in [6, 6.07) is 0.746. The number of nitrogens with zero attached hydrogens (tertiary/aromatic N) is 3. The lowest BCUT2D eigenvalue weighted by molar-refractivity contribution is 0.254. The lowest BCUT2D eigenvalue weighted by atomic mass is 10.2. The highest BCUT2D eigenvalue weighted by molar-refractivity contribution is 6.32. The van der Waals surface area contributed by atoms with Crippen molar-refractivity contribution in [2.24, 2.45) is 0 Å². The zero-order valence-corrected chi connectivity index (χ0v) is 12.4. The molecule has 5 nitrogen and oxygen atoms in total. The average molecular weight is 284 g/mol. The number of nitrogens with one attached hydrogen (secondary N) is 2. The molecule has 0 aromatic carbocycles. The normalized spacial score (nSPS) is 16.0. The molecule has 106 valence electrons. The van der Waals surface area contributed by atoms with Crippen molar-refractivity contribution < 1.29 is 0 Å². The Kier molecular flexibility index (Phi) is 5.22. The van der Waals surface area contributed by atoms with Crippen molar-refractivity contribution in [2.45, 2.75) is 31.7 Å². The topological polar surface area (TPSA) is 53.1 Å². The lowest BCUT2D eigenvalue weighted by Crippen LogP contribution is -2.33. The molecule has 1 aromatic heterocycles. The molecule has 2 N–H and O–H groups in total. The molecule has 0 atom stereocenters. The molecule has 1 aliphatic rings. The smallest absolute Gasteiger partial charge is 0.224 e. The second-order valence-corrected chi connectivity index (χ2v) is 5.39. The average Bonchev–Trinajstić information content (AvgIpc) is 2.95. The highest BCUT2D eigenvalue weighted by Crippen LogP contribution is 2.22. The molecule has 1 aromatic rings. The first kappa shape index (κ1) is 14.3. The van der Waals surface area contributed by atoms with Gasteiger partial charge in [-0.25, -0.2) is 4.98 Å².